The zero-order valence-electron chi connectivity index (χ0n) is 58.3. The van der Waals surface area contributed by atoms with Crippen molar-refractivity contribution >= 4 is 17.9 Å². The largest absolute Gasteiger partial charge is 0.477 e. The van der Waals surface area contributed by atoms with E-state index in [1.54, 1.807) is 0 Å². The third-order valence-electron chi connectivity index (χ3n) is 15.7. The van der Waals surface area contributed by atoms with Gasteiger partial charge in [-0.3, -0.25) is 9.59 Å². The molecule has 1 N–H and O–H groups in total. The molecule has 0 bridgehead atoms. The van der Waals surface area contributed by atoms with Crippen LogP contribution in [0.15, 0.2) is 122 Å². The van der Waals surface area contributed by atoms with Gasteiger partial charge >= 0.3 is 17.9 Å². The minimum atomic E-state index is -1.52. The Morgan fingerprint density at radius 1 is 0.337 bits per heavy atom. The highest BCUT2D eigenvalue weighted by Crippen LogP contribution is 2.18. The van der Waals surface area contributed by atoms with Crippen molar-refractivity contribution in [3.63, 3.8) is 0 Å². The van der Waals surface area contributed by atoms with Crippen LogP contribution in [-0.4, -0.2) is 87.4 Å². The standard InChI is InChI=1S/C80H137NO8/c1-6-8-10-12-14-16-18-20-22-24-26-28-30-32-33-34-35-36-37-38-39-40-41-42-43-44-45-47-49-51-53-55-57-59-61-63-65-67-69-71-78(83)89-76(75-88-80(79(84)85)86-73-72-81(3,4)5)74-87-77(82)70-68-66-64-62-60-58-56-54-52-50-48-46-31-29-27-25-23-21-19-17-15-13-11-9-7-2/h8-11,14-17,20-23,26-29,32-33,35-36,76,80H,6-7,12-13,18-19,24-25,30-31,34,37-75H2,1-5H3/p+1/b10-8-,11-9-,16-14-,17-15-,22-20-,23-21-,28-26-,29-27-,33-32-,36-35-. The SMILES string of the molecule is CC/C=C\C/C=C\C/C=C\C/C=C\C/C=C\C/C=C\CCCCCCCCCCCCCCCCCCCCCCC(=O)OC(COC(=O)CCCCCCCCCCCCCC/C=C\C/C=C\C/C=C\C/C=C\CC)COC(OCC[N+](C)(C)C)C(=O)O. The van der Waals surface area contributed by atoms with Crippen molar-refractivity contribution in [3.05, 3.63) is 122 Å². The van der Waals surface area contributed by atoms with Gasteiger partial charge in [0.05, 0.1) is 34.4 Å². The number of carboxylic acids is 1. The third-order valence-corrected chi connectivity index (χ3v) is 15.7. The highest BCUT2D eigenvalue weighted by Gasteiger charge is 2.25. The van der Waals surface area contributed by atoms with E-state index >= 15 is 0 Å². The van der Waals surface area contributed by atoms with Crippen LogP contribution in [0.5, 0.6) is 0 Å². The summed E-state index contributed by atoms with van der Waals surface area (Å²) in [7, 11) is 5.98. The highest BCUT2D eigenvalue weighted by molar-refractivity contribution is 5.71. The second kappa shape index (κ2) is 69.6. The van der Waals surface area contributed by atoms with E-state index in [0.29, 0.717) is 17.4 Å². The molecular formula is C80H138NO8+. The third kappa shape index (κ3) is 71.0. The molecule has 0 aromatic rings. The van der Waals surface area contributed by atoms with Gasteiger partial charge in [-0.15, -0.1) is 0 Å². The normalized spacial score (nSPS) is 13.4. The zero-order chi connectivity index (χ0) is 64.7. The van der Waals surface area contributed by atoms with Gasteiger partial charge in [-0.1, -0.05) is 315 Å². The molecule has 89 heavy (non-hydrogen) atoms. The molecule has 9 nitrogen and oxygen atoms in total. The van der Waals surface area contributed by atoms with Crippen LogP contribution >= 0.6 is 0 Å². The van der Waals surface area contributed by atoms with Crippen molar-refractivity contribution in [1.29, 1.82) is 0 Å². The summed E-state index contributed by atoms with van der Waals surface area (Å²) in [6.45, 7) is 4.67. The number of carbonyl (C=O) groups is 3. The number of carboxylic acid groups (broad SMARTS) is 1. The quantitative estimate of drug-likeness (QED) is 0.0211. The molecule has 0 fully saturated rings. The fourth-order valence-electron chi connectivity index (χ4n) is 10.2. The van der Waals surface area contributed by atoms with Gasteiger partial charge in [0.2, 0.25) is 0 Å². The Morgan fingerprint density at radius 2 is 0.607 bits per heavy atom. The summed E-state index contributed by atoms with van der Waals surface area (Å²) in [5, 5.41) is 9.76. The lowest BCUT2D eigenvalue weighted by Gasteiger charge is -2.25. The first-order valence-electron chi connectivity index (χ1n) is 36.7. The molecule has 2 atom stereocenters. The Labute approximate surface area is 548 Å². The van der Waals surface area contributed by atoms with E-state index < -0.39 is 24.3 Å². The first-order valence-corrected chi connectivity index (χ1v) is 36.7. The van der Waals surface area contributed by atoms with Gasteiger partial charge in [-0.2, -0.15) is 0 Å². The average molecular weight is 1240 g/mol. The van der Waals surface area contributed by atoms with E-state index in [1.807, 2.05) is 21.1 Å². The summed E-state index contributed by atoms with van der Waals surface area (Å²) in [5.74, 6) is -2.00. The lowest BCUT2D eigenvalue weighted by atomic mass is 10.0. The van der Waals surface area contributed by atoms with Crippen LogP contribution in [0.3, 0.4) is 0 Å². The van der Waals surface area contributed by atoms with Crippen molar-refractivity contribution in [3.8, 4) is 0 Å². The van der Waals surface area contributed by atoms with Crippen LogP contribution in [0.2, 0.25) is 0 Å². The van der Waals surface area contributed by atoms with Crippen LogP contribution in [0, 0.1) is 0 Å². The van der Waals surface area contributed by atoms with Gasteiger partial charge in [0, 0.05) is 12.8 Å². The molecule has 0 aliphatic heterocycles. The van der Waals surface area contributed by atoms with Crippen LogP contribution in [0.25, 0.3) is 0 Å². The second-order valence-electron chi connectivity index (χ2n) is 25.5. The van der Waals surface area contributed by atoms with Gasteiger partial charge in [-0.25, -0.2) is 4.79 Å². The van der Waals surface area contributed by atoms with Gasteiger partial charge in [0.15, 0.2) is 6.10 Å². The number of ether oxygens (including phenoxy) is 4. The fourth-order valence-corrected chi connectivity index (χ4v) is 10.2. The molecule has 0 aliphatic carbocycles. The number of carbonyl (C=O) groups excluding carboxylic acids is 2. The molecular weight excluding hydrogens is 1100 g/mol. The van der Waals surface area contributed by atoms with Crippen LogP contribution < -0.4 is 0 Å². The first-order chi connectivity index (χ1) is 43.6. The van der Waals surface area contributed by atoms with Crippen molar-refractivity contribution in [2.45, 2.75) is 322 Å². The monoisotopic (exact) mass is 1240 g/mol. The summed E-state index contributed by atoms with van der Waals surface area (Å²) in [5.41, 5.74) is 0. The van der Waals surface area contributed by atoms with Crippen molar-refractivity contribution < 1.29 is 42.9 Å². The maximum Gasteiger partial charge on any atom is 0.361 e. The number of esters is 2. The maximum absolute atomic E-state index is 13.0. The Morgan fingerprint density at radius 3 is 0.899 bits per heavy atom. The zero-order valence-corrected chi connectivity index (χ0v) is 58.3. The van der Waals surface area contributed by atoms with Crippen molar-refractivity contribution in [1.82, 2.24) is 0 Å². The second-order valence-corrected chi connectivity index (χ2v) is 25.5. The molecule has 9 heteroatoms. The number of nitrogens with zero attached hydrogens (tertiary/aromatic N) is 1. The lowest BCUT2D eigenvalue weighted by molar-refractivity contribution is -0.870. The Kier molecular flexibility index (Phi) is 66.2. The average Bonchev–Trinajstić information content (AvgIpc) is 3.64. The van der Waals surface area contributed by atoms with E-state index in [2.05, 4.69) is 135 Å². The minimum absolute atomic E-state index is 0.185. The summed E-state index contributed by atoms with van der Waals surface area (Å²) >= 11 is 0. The Bertz CT molecular complexity index is 1880. The molecule has 0 amide bonds. The predicted molar refractivity (Wildman–Crippen MR) is 382 cm³/mol. The highest BCUT2D eigenvalue weighted by atomic mass is 16.7. The number of rotatable bonds is 67. The molecule has 0 aliphatic rings. The number of hydrogen-bond donors (Lipinski definition) is 1. The van der Waals surface area contributed by atoms with E-state index in [4.69, 9.17) is 18.9 Å². The molecule has 510 valence electrons. The first kappa shape index (κ1) is 84.7. The molecule has 0 spiro atoms. The number of unbranched alkanes of at least 4 members (excludes halogenated alkanes) is 32. The van der Waals surface area contributed by atoms with Crippen LogP contribution in [0.1, 0.15) is 309 Å². The van der Waals surface area contributed by atoms with E-state index in [0.717, 1.165) is 103 Å². The number of quaternary nitrogens is 1. The van der Waals surface area contributed by atoms with Gasteiger partial charge in [-0.05, 0) is 103 Å². The molecule has 0 radical (unpaired) electrons. The molecule has 0 rings (SSSR count). The minimum Gasteiger partial charge on any atom is -0.477 e. The summed E-state index contributed by atoms with van der Waals surface area (Å²) in [6, 6.07) is 0. The van der Waals surface area contributed by atoms with E-state index in [-0.39, 0.29) is 32.2 Å². The van der Waals surface area contributed by atoms with Crippen LogP contribution in [-0.2, 0) is 33.3 Å². The molecule has 0 heterocycles. The van der Waals surface area contributed by atoms with Gasteiger partial charge < -0.3 is 28.5 Å². The smallest absolute Gasteiger partial charge is 0.361 e. The Balaban J connectivity index is 4.04. The topological polar surface area (TPSA) is 108 Å². The fraction of sp³-hybridized carbons (Fsp3) is 0.713. The molecule has 0 saturated heterocycles. The molecule has 2 unspecified atom stereocenters. The number of hydrogen-bond acceptors (Lipinski definition) is 7. The maximum atomic E-state index is 13.0. The van der Waals surface area contributed by atoms with Crippen molar-refractivity contribution in [2.24, 2.45) is 0 Å². The number of allylic oxidation sites excluding steroid dienone is 20. The molecule has 0 saturated carbocycles. The lowest BCUT2D eigenvalue weighted by Crippen LogP contribution is -2.40. The van der Waals surface area contributed by atoms with Gasteiger partial charge in [0.1, 0.15) is 13.2 Å². The molecule has 0 aromatic heterocycles. The summed E-state index contributed by atoms with van der Waals surface area (Å²) in [6.07, 6.45) is 96.1. The van der Waals surface area contributed by atoms with Crippen LogP contribution in [0.4, 0.5) is 0 Å². The predicted octanol–water partition coefficient (Wildman–Crippen LogP) is 23.1. The summed E-state index contributed by atoms with van der Waals surface area (Å²) < 4.78 is 23.0. The van der Waals surface area contributed by atoms with E-state index in [1.165, 1.54) is 180 Å². The van der Waals surface area contributed by atoms with E-state index in [9.17, 15) is 19.5 Å². The summed E-state index contributed by atoms with van der Waals surface area (Å²) in [4.78, 5) is 37.7. The van der Waals surface area contributed by atoms with Gasteiger partial charge in [0.25, 0.3) is 6.29 Å². The Hall–Kier alpha value is -4.31. The molecule has 0 aromatic carbocycles. The number of likely N-dealkylation sites (N-methyl/N-ethyl adjacent to an activating group) is 1. The number of aliphatic carboxylic acids is 1. The van der Waals surface area contributed by atoms with Crippen molar-refractivity contribution in [2.75, 3.05) is 47.5 Å².